The number of hydrogen-bond acceptors (Lipinski definition) is 5. The molecular formula is C10H15NO4. The molecule has 0 amide bonds. The molecule has 0 aliphatic carbocycles. The fraction of sp³-hybridized carbons (Fsp3) is 0.300. The number of carbonyl (C=O) groups excluding carboxylic acids is 1. The lowest BCUT2D eigenvalue weighted by atomic mass is 10.3. The van der Waals surface area contributed by atoms with Gasteiger partial charge >= 0.3 is 5.97 Å². The van der Waals surface area contributed by atoms with Crippen LogP contribution in [0.2, 0.25) is 0 Å². The summed E-state index contributed by atoms with van der Waals surface area (Å²) in [6, 6.07) is 8.82. The number of carbonyl (C=O) groups is 1. The van der Waals surface area contributed by atoms with E-state index in [9.17, 15) is 4.79 Å². The van der Waals surface area contributed by atoms with Gasteiger partial charge in [-0.05, 0) is 19.1 Å². The fourth-order valence-corrected chi connectivity index (χ4v) is 0.583. The van der Waals surface area contributed by atoms with Crippen LogP contribution in [0.1, 0.15) is 13.8 Å². The quantitative estimate of drug-likeness (QED) is 0.432. The minimum absolute atomic E-state index is 0.464. The van der Waals surface area contributed by atoms with Crippen molar-refractivity contribution < 1.29 is 19.7 Å². The zero-order chi connectivity index (χ0) is 11.7. The van der Waals surface area contributed by atoms with Gasteiger partial charge in [-0.15, -0.1) is 0 Å². The summed E-state index contributed by atoms with van der Waals surface area (Å²) in [6.07, 6.45) is -0.667. The molecule has 1 aromatic rings. The van der Waals surface area contributed by atoms with Crippen LogP contribution in [-0.4, -0.2) is 17.3 Å². The molecule has 0 bridgehead atoms. The van der Waals surface area contributed by atoms with E-state index < -0.39 is 12.2 Å². The van der Waals surface area contributed by atoms with E-state index in [1.54, 1.807) is 24.3 Å². The third-order valence-corrected chi connectivity index (χ3v) is 0.998. The molecule has 0 fully saturated rings. The Hall–Kier alpha value is -1.59. The predicted molar refractivity (Wildman–Crippen MR) is 54.7 cm³/mol. The molecule has 5 heteroatoms. The van der Waals surface area contributed by atoms with Crippen LogP contribution in [0.15, 0.2) is 30.3 Å². The highest BCUT2D eigenvalue weighted by Gasteiger charge is 1.94. The monoisotopic (exact) mass is 213 g/mol. The Labute approximate surface area is 88.3 Å². The van der Waals surface area contributed by atoms with E-state index in [2.05, 4.69) is 15.5 Å². The molecule has 5 nitrogen and oxygen atoms in total. The number of rotatable bonds is 2. The van der Waals surface area contributed by atoms with Crippen molar-refractivity contribution in [2.24, 2.45) is 5.73 Å². The maximum Gasteiger partial charge on any atom is 0.352 e. The molecule has 0 spiro atoms. The minimum atomic E-state index is -0.667. The standard InChI is InChI=1S/C8H8O3.C2H7NO/c1-7(9)10-11-8-5-3-2-4-6-8;1-2(3)4/h2-6H,1H3;2,4H,3H2,1H3. The maximum atomic E-state index is 10.3. The average molecular weight is 213 g/mol. The molecule has 0 saturated heterocycles. The molecule has 0 heterocycles. The molecule has 1 unspecified atom stereocenters. The van der Waals surface area contributed by atoms with Crippen LogP contribution in [0.4, 0.5) is 0 Å². The van der Waals surface area contributed by atoms with Crippen LogP contribution < -0.4 is 10.6 Å². The van der Waals surface area contributed by atoms with E-state index in [1.165, 1.54) is 13.8 Å². The van der Waals surface area contributed by atoms with Gasteiger partial charge < -0.3 is 10.8 Å². The third-order valence-electron chi connectivity index (χ3n) is 0.998. The van der Waals surface area contributed by atoms with E-state index in [4.69, 9.17) is 5.11 Å². The number of aliphatic hydroxyl groups excluding tert-OH is 1. The summed E-state index contributed by atoms with van der Waals surface area (Å²) in [5.41, 5.74) is 4.67. The average Bonchev–Trinajstić information content (AvgIpc) is 2.15. The topological polar surface area (TPSA) is 81.8 Å². The molecule has 0 radical (unpaired) electrons. The lowest BCUT2D eigenvalue weighted by Gasteiger charge is -1.99. The molecule has 0 aromatic heterocycles. The van der Waals surface area contributed by atoms with Crippen molar-refractivity contribution in [1.29, 1.82) is 0 Å². The Morgan fingerprint density at radius 1 is 1.40 bits per heavy atom. The Kier molecular flexibility index (Phi) is 6.96. The summed E-state index contributed by atoms with van der Waals surface area (Å²) in [7, 11) is 0. The van der Waals surface area contributed by atoms with E-state index in [-0.39, 0.29) is 0 Å². The second-order valence-electron chi connectivity index (χ2n) is 2.71. The number of para-hydroxylation sites is 1. The van der Waals surface area contributed by atoms with E-state index in [1.807, 2.05) is 6.07 Å². The van der Waals surface area contributed by atoms with Crippen LogP contribution in [-0.2, 0) is 9.68 Å². The van der Waals surface area contributed by atoms with Crippen molar-refractivity contribution in [2.75, 3.05) is 0 Å². The number of nitrogens with two attached hydrogens (primary N) is 1. The first-order valence-electron chi connectivity index (χ1n) is 4.36. The number of hydrogen-bond donors (Lipinski definition) is 2. The van der Waals surface area contributed by atoms with E-state index in [0.29, 0.717) is 5.75 Å². The lowest BCUT2D eigenvalue weighted by molar-refractivity contribution is -0.210. The first-order chi connectivity index (χ1) is 7.02. The molecule has 0 aliphatic heterocycles. The van der Waals surface area contributed by atoms with Crippen molar-refractivity contribution in [1.82, 2.24) is 0 Å². The van der Waals surface area contributed by atoms with Crippen molar-refractivity contribution >= 4 is 5.97 Å². The molecule has 84 valence electrons. The van der Waals surface area contributed by atoms with Crippen molar-refractivity contribution in [3.63, 3.8) is 0 Å². The van der Waals surface area contributed by atoms with Gasteiger partial charge in [0.2, 0.25) is 0 Å². The molecule has 3 N–H and O–H groups in total. The Bertz CT molecular complexity index is 271. The fourth-order valence-electron chi connectivity index (χ4n) is 0.583. The zero-order valence-corrected chi connectivity index (χ0v) is 8.71. The van der Waals surface area contributed by atoms with Gasteiger partial charge in [0.1, 0.15) is 0 Å². The Morgan fingerprint density at radius 3 is 2.27 bits per heavy atom. The van der Waals surface area contributed by atoms with Gasteiger partial charge in [0.05, 0.1) is 6.23 Å². The SMILES string of the molecule is CC(=O)OOc1ccccc1.CC(N)O. The van der Waals surface area contributed by atoms with E-state index >= 15 is 0 Å². The summed E-state index contributed by atoms with van der Waals surface area (Å²) >= 11 is 0. The third kappa shape index (κ3) is 10.3. The first kappa shape index (κ1) is 13.4. The molecule has 1 atom stereocenters. The largest absolute Gasteiger partial charge is 0.379 e. The molecule has 0 saturated carbocycles. The van der Waals surface area contributed by atoms with Gasteiger partial charge in [-0.2, -0.15) is 0 Å². The van der Waals surface area contributed by atoms with Gasteiger partial charge in [-0.3, -0.25) is 9.78 Å². The van der Waals surface area contributed by atoms with Crippen LogP contribution in [0, 0.1) is 0 Å². The first-order valence-corrected chi connectivity index (χ1v) is 4.36. The molecule has 1 rings (SSSR count). The van der Waals surface area contributed by atoms with Crippen molar-refractivity contribution in [2.45, 2.75) is 20.1 Å². The van der Waals surface area contributed by atoms with Gasteiger partial charge in [0, 0.05) is 6.92 Å². The maximum absolute atomic E-state index is 10.3. The van der Waals surface area contributed by atoms with Gasteiger partial charge in [-0.25, -0.2) is 4.79 Å². The minimum Gasteiger partial charge on any atom is -0.379 e. The second-order valence-corrected chi connectivity index (χ2v) is 2.71. The second kappa shape index (κ2) is 7.78. The normalized spacial score (nSPS) is 10.7. The van der Waals surface area contributed by atoms with Crippen LogP contribution >= 0.6 is 0 Å². The van der Waals surface area contributed by atoms with Gasteiger partial charge in [-0.1, -0.05) is 18.2 Å². The number of aliphatic hydroxyl groups is 1. The molecule has 1 aromatic carbocycles. The highest BCUT2D eigenvalue weighted by molar-refractivity contribution is 5.65. The van der Waals surface area contributed by atoms with Crippen LogP contribution in [0.25, 0.3) is 0 Å². The van der Waals surface area contributed by atoms with E-state index in [0.717, 1.165) is 0 Å². The zero-order valence-electron chi connectivity index (χ0n) is 8.71. The smallest absolute Gasteiger partial charge is 0.352 e. The molecule has 15 heavy (non-hydrogen) atoms. The number of benzene rings is 1. The van der Waals surface area contributed by atoms with Crippen LogP contribution in [0.3, 0.4) is 0 Å². The predicted octanol–water partition coefficient (Wildman–Crippen LogP) is 0.827. The molecule has 0 aliphatic rings. The summed E-state index contributed by atoms with van der Waals surface area (Å²) in [5, 5.41) is 7.83. The summed E-state index contributed by atoms with van der Waals surface area (Å²) in [6.45, 7) is 2.78. The molecular weight excluding hydrogens is 198 g/mol. The lowest BCUT2D eigenvalue weighted by Crippen LogP contribution is -2.11. The van der Waals surface area contributed by atoms with Gasteiger partial charge in [0.15, 0.2) is 5.75 Å². The summed E-state index contributed by atoms with van der Waals surface area (Å²) in [5.74, 6) is 0.0524. The Morgan fingerprint density at radius 2 is 1.87 bits per heavy atom. The Balaban J connectivity index is 0.000000423. The highest BCUT2D eigenvalue weighted by atomic mass is 17.2. The van der Waals surface area contributed by atoms with Gasteiger partial charge in [0.25, 0.3) is 0 Å². The highest BCUT2D eigenvalue weighted by Crippen LogP contribution is 2.07. The van der Waals surface area contributed by atoms with Crippen molar-refractivity contribution in [3.05, 3.63) is 30.3 Å². The summed E-state index contributed by atoms with van der Waals surface area (Å²) < 4.78 is 0. The van der Waals surface area contributed by atoms with Crippen molar-refractivity contribution in [3.8, 4) is 5.75 Å². The summed E-state index contributed by atoms with van der Waals surface area (Å²) in [4.78, 5) is 19.2. The van der Waals surface area contributed by atoms with Crippen LogP contribution in [0.5, 0.6) is 5.75 Å².